The minimum Gasteiger partial charge on any atom is -0.343 e. The standard InChI is InChI=1S/C19H18ClFN2O2/c20-14-8-9-16(21)15(11-14)19(25)22-17(13-5-2-1-3-6-13)12-23-10-4-7-18(23)24/h1-3,5-6,8-9,11,17H,4,7,10,12H2,(H,22,25). The molecule has 25 heavy (non-hydrogen) atoms. The van der Waals surface area contributed by atoms with Crippen molar-refractivity contribution in [2.75, 3.05) is 13.1 Å². The number of rotatable bonds is 5. The summed E-state index contributed by atoms with van der Waals surface area (Å²) in [4.78, 5) is 26.2. The minimum atomic E-state index is -0.633. The van der Waals surface area contributed by atoms with E-state index in [1.165, 1.54) is 18.2 Å². The second-order valence-electron chi connectivity index (χ2n) is 6.00. The molecule has 2 aromatic carbocycles. The first-order chi connectivity index (χ1) is 12.0. The molecule has 1 unspecified atom stereocenters. The van der Waals surface area contributed by atoms with Gasteiger partial charge in [0.2, 0.25) is 5.91 Å². The Bertz CT molecular complexity index is 782. The number of carbonyl (C=O) groups excluding carboxylic acids is 2. The van der Waals surface area contributed by atoms with Crippen LogP contribution in [0, 0.1) is 5.82 Å². The molecule has 2 aromatic rings. The molecular formula is C19H18ClFN2O2. The molecule has 6 heteroatoms. The van der Waals surface area contributed by atoms with Crippen LogP contribution in [0.25, 0.3) is 0 Å². The quantitative estimate of drug-likeness (QED) is 0.886. The van der Waals surface area contributed by atoms with Crippen molar-refractivity contribution in [1.29, 1.82) is 0 Å². The number of amides is 2. The molecule has 0 bridgehead atoms. The predicted molar refractivity (Wildman–Crippen MR) is 93.9 cm³/mol. The van der Waals surface area contributed by atoms with Crippen LogP contribution in [0.4, 0.5) is 4.39 Å². The van der Waals surface area contributed by atoms with Gasteiger partial charge in [-0.05, 0) is 30.2 Å². The fourth-order valence-electron chi connectivity index (χ4n) is 2.94. The third kappa shape index (κ3) is 4.17. The molecule has 0 spiro atoms. The summed E-state index contributed by atoms with van der Waals surface area (Å²) in [5, 5.41) is 3.12. The van der Waals surface area contributed by atoms with Crippen LogP contribution >= 0.6 is 11.6 Å². The molecule has 1 aliphatic rings. The van der Waals surface area contributed by atoms with E-state index in [4.69, 9.17) is 11.6 Å². The van der Waals surface area contributed by atoms with Crippen molar-refractivity contribution in [2.45, 2.75) is 18.9 Å². The maximum atomic E-state index is 14.0. The SMILES string of the molecule is O=C(NC(CN1CCCC1=O)c1ccccc1)c1cc(Cl)ccc1F. The van der Waals surface area contributed by atoms with Gasteiger partial charge in [0.25, 0.3) is 5.91 Å². The van der Waals surface area contributed by atoms with Gasteiger partial charge in [-0.15, -0.1) is 0 Å². The Morgan fingerprint density at radius 1 is 1.24 bits per heavy atom. The summed E-state index contributed by atoms with van der Waals surface area (Å²) in [6.07, 6.45) is 1.34. The average Bonchev–Trinajstić information content (AvgIpc) is 3.02. The Labute approximate surface area is 150 Å². The molecule has 1 heterocycles. The lowest BCUT2D eigenvalue weighted by molar-refractivity contribution is -0.128. The van der Waals surface area contributed by atoms with Gasteiger partial charge in [0.1, 0.15) is 5.82 Å². The number of benzene rings is 2. The van der Waals surface area contributed by atoms with E-state index in [1.807, 2.05) is 30.3 Å². The fraction of sp³-hybridized carbons (Fsp3) is 0.263. The summed E-state index contributed by atoms with van der Waals surface area (Å²) >= 11 is 5.87. The van der Waals surface area contributed by atoms with E-state index in [1.54, 1.807) is 4.90 Å². The lowest BCUT2D eigenvalue weighted by Crippen LogP contribution is -2.38. The highest BCUT2D eigenvalue weighted by Crippen LogP contribution is 2.20. The van der Waals surface area contributed by atoms with E-state index in [-0.39, 0.29) is 16.5 Å². The molecular weight excluding hydrogens is 343 g/mol. The van der Waals surface area contributed by atoms with Crippen LogP contribution < -0.4 is 5.32 Å². The van der Waals surface area contributed by atoms with Crippen LogP contribution in [0.5, 0.6) is 0 Å². The Morgan fingerprint density at radius 2 is 2.00 bits per heavy atom. The van der Waals surface area contributed by atoms with Crippen LogP contribution in [0.15, 0.2) is 48.5 Å². The van der Waals surface area contributed by atoms with Gasteiger partial charge < -0.3 is 10.2 Å². The van der Waals surface area contributed by atoms with Gasteiger partial charge in [-0.2, -0.15) is 0 Å². The van der Waals surface area contributed by atoms with Gasteiger partial charge in [0.15, 0.2) is 0 Å². The van der Waals surface area contributed by atoms with Gasteiger partial charge in [-0.3, -0.25) is 9.59 Å². The van der Waals surface area contributed by atoms with Crippen molar-refractivity contribution in [3.63, 3.8) is 0 Å². The second-order valence-corrected chi connectivity index (χ2v) is 6.44. The van der Waals surface area contributed by atoms with E-state index in [0.29, 0.717) is 19.5 Å². The van der Waals surface area contributed by atoms with E-state index < -0.39 is 17.8 Å². The molecule has 0 radical (unpaired) electrons. The summed E-state index contributed by atoms with van der Waals surface area (Å²) in [6, 6.07) is 12.8. The Kier molecular flexibility index (Phi) is 5.34. The minimum absolute atomic E-state index is 0.0733. The fourth-order valence-corrected chi connectivity index (χ4v) is 3.12. The van der Waals surface area contributed by atoms with Crippen LogP contribution in [0.1, 0.15) is 34.8 Å². The number of hydrogen-bond acceptors (Lipinski definition) is 2. The van der Waals surface area contributed by atoms with E-state index in [0.717, 1.165) is 12.0 Å². The number of likely N-dealkylation sites (tertiary alicyclic amines) is 1. The van der Waals surface area contributed by atoms with E-state index >= 15 is 0 Å². The van der Waals surface area contributed by atoms with Crippen LogP contribution in [0.3, 0.4) is 0 Å². The number of hydrogen-bond donors (Lipinski definition) is 1. The van der Waals surface area contributed by atoms with E-state index in [9.17, 15) is 14.0 Å². The lowest BCUT2D eigenvalue weighted by atomic mass is 10.1. The van der Waals surface area contributed by atoms with Gasteiger partial charge >= 0.3 is 0 Å². The molecule has 1 fully saturated rings. The molecule has 0 aliphatic carbocycles. The zero-order valence-electron chi connectivity index (χ0n) is 13.5. The van der Waals surface area contributed by atoms with Gasteiger partial charge in [-0.1, -0.05) is 41.9 Å². The molecule has 1 saturated heterocycles. The van der Waals surface area contributed by atoms with Crippen molar-refractivity contribution in [2.24, 2.45) is 0 Å². The summed E-state index contributed by atoms with van der Waals surface area (Å²) < 4.78 is 14.0. The first kappa shape index (κ1) is 17.4. The first-order valence-corrected chi connectivity index (χ1v) is 8.51. The van der Waals surface area contributed by atoms with Crippen molar-refractivity contribution in [3.8, 4) is 0 Å². The van der Waals surface area contributed by atoms with Crippen molar-refractivity contribution < 1.29 is 14.0 Å². The highest BCUT2D eigenvalue weighted by Gasteiger charge is 2.26. The smallest absolute Gasteiger partial charge is 0.254 e. The number of nitrogens with one attached hydrogen (secondary N) is 1. The van der Waals surface area contributed by atoms with Crippen LogP contribution in [0.2, 0.25) is 5.02 Å². The predicted octanol–water partition coefficient (Wildman–Crippen LogP) is 3.57. The highest BCUT2D eigenvalue weighted by atomic mass is 35.5. The molecule has 2 amide bonds. The largest absolute Gasteiger partial charge is 0.343 e. The van der Waals surface area contributed by atoms with Crippen LogP contribution in [-0.2, 0) is 4.79 Å². The number of carbonyl (C=O) groups is 2. The zero-order chi connectivity index (χ0) is 17.8. The average molecular weight is 361 g/mol. The summed E-state index contributed by atoms with van der Waals surface area (Å²) in [5.41, 5.74) is 0.749. The third-order valence-corrected chi connectivity index (χ3v) is 4.49. The number of nitrogens with zero attached hydrogens (tertiary/aromatic N) is 1. The Hall–Kier alpha value is -2.40. The third-order valence-electron chi connectivity index (χ3n) is 4.25. The molecule has 1 aliphatic heterocycles. The summed E-state index contributed by atoms with van der Waals surface area (Å²) in [7, 11) is 0. The Balaban J connectivity index is 1.83. The second kappa shape index (κ2) is 7.66. The molecule has 1 N–H and O–H groups in total. The molecule has 0 saturated carbocycles. The maximum absolute atomic E-state index is 14.0. The molecule has 4 nitrogen and oxygen atoms in total. The summed E-state index contributed by atoms with van der Waals surface area (Å²) in [6.45, 7) is 1.03. The topological polar surface area (TPSA) is 49.4 Å². The van der Waals surface area contributed by atoms with Gasteiger partial charge in [-0.25, -0.2) is 4.39 Å². The summed E-state index contributed by atoms with van der Waals surface area (Å²) in [5.74, 6) is -1.12. The molecule has 130 valence electrons. The van der Waals surface area contributed by atoms with Crippen LogP contribution in [-0.4, -0.2) is 29.8 Å². The normalized spacial score (nSPS) is 15.3. The maximum Gasteiger partial charge on any atom is 0.254 e. The van der Waals surface area contributed by atoms with Gasteiger partial charge in [0, 0.05) is 24.5 Å². The van der Waals surface area contributed by atoms with Gasteiger partial charge in [0.05, 0.1) is 11.6 Å². The first-order valence-electron chi connectivity index (χ1n) is 8.13. The Morgan fingerprint density at radius 3 is 2.68 bits per heavy atom. The molecule has 1 atom stereocenters. The van der Waals surface area contributed by atoms with Crippen molar-refractivity contribution in [1.82, 2.24) is 10.2 Å². The van der Waals surface area contributed by atoms with E-state index in [2.05, 4.69) is 5.32 Å². The molecule has 0 aromatic heterocycles. The molecule has 3 rings (SSSR count). The lowest BCUT2D eigenvalue weighted by Gasteiger charge is -2.25. The number of halogens is 2. The van der Waals surface area contributed by atoms with Crippen molar-refractivity contribution >= 4 is 23.4 Å². The zero-order valence-corrected chi connectivity index (χ0v) is 14.3. The highest BCUT2D eigenvalue weighted by molar-refractivity contribution is 6.31. The monoisotopic (exact) mass is 360 g/mol. The van der Waals surface area contributed by atoms with Crippen molar-refractivity contribution in [3.05, 3.63) is 70.5 Å².